The molecular formula is C17H20N4. The summed E-state index contributed by atoms with van der Waals surface area (Å²) in [6, 6.07) is 10.6. The molecule has 1 N–H and O–H groups in total. The molecule has 3 aromatic rings. The number of fused-ring (bicyclic) bond motifs is 1. The van der Waals surface area contributed by atoms with Gasteiger partial charge in [-0.05, 0) is 49.2 Å². The quantitative estimate of drug-likeness (QED) is 0.731. The van der Waals surface area contributed by atoms with E-state index in [4.69, 9.17) is 0 Å². The van der Waals surface area contributed by atoms with E-state index in [1.165, 1.54) is 16.5 Å². The first-order valence-corrected chi connectivity index (χ1v) is 7.25. The maximum atomic E-state index is 4.53. The van der Waals surface area contributed by atoms with Crippen molar-refractivity contribution in [1.82, 2.24) is 20.1 Å². The average Bonchev–Trinajstić information content (AvgIpc) is 2.89. The Bertz CT molecular complexity index is 745. The third-order valence-electron chi connectivity index (χ3n) is 3.57. The van der Waals surface area contributed by atoms with Crippen LogP contribution in [0.5, 0.6) is 0 Å². The lowest BCUT2D eigenvalue weighted by molar-refractivity contribution is 0.686. The highest BCUT2D eigenvalue weighted by Crippen LogP contribution is 2.14. The summed E-state index contributed by atoms with van der Waals surface area (Å²) >= 11 is 0. The number of hydrogen-bond donors (Lipinski definition) is 1. The van der Waals surface area contributed by atoms with E-state index >= 15 is 0 Å². The van der Waals surface area contributed by atoms with Crippen LogP contribution in [0.3, 0.4) is 0 Å². The van der Waals surface area contributed by atoms with Gasteiger partial charge in [0.1, 0.15) is 0 Å². The zero-order chi connectivity index (χ0) is 14.7. The van der Waals surface area contributed by atoms with Crippen molar-refractivity contribution < 1.29 is 0 Å². The normalized spacial score (nSPS) is 11.1. The molecule has 0 aliphatic rings. The molecule has 108 valence electrons. The smallest absolute Gasteiger partial charge is 0.0705 e. The zero-order valence-corrected chi connectivity index (χ0v) is 12.5. The van der Waals surface area contributed by atoms with Crippen LogP contribution in [0.2, 0.25) is 0 Å². The Morgan fingerprint density at radius 2 is 2.05 bits per heavy atom. The Balaban J connectivity index is 1.56. The van der Waals surface area contributed by atoms with Gasteiger partial charge in [0, 0.05) is 30.9 Å². The third kappa shape index (κ3) is 3.47. The Labute approximate surface area is 124 Å². The van der Waals surface area contributed by atoms with Crippen molar-refractivity contribution in [2.75, 3.05) is 6.54 Å². The van der Waals surface area contributed by atoms with Gasteiger partial charge < -0.3 is 5.32 Å². The van der Waals surface area contributed by atoms with Crippen molar-refractivity contribution in [3.8, 4) is 0 Å². The lowest BCUT2D eigenvalue weighted by atomic mass is 10.1. The van der Waals surface area contributed by atoms with Gasteiger partial charge in [-0.15, -0.1) is 0 Å². The van der Waals surface area contributed by atoms with E-state index in [0.717, 1.165) is 30.7 Å². The van der Waals surface area contributed by atoms with Gasteiger partial charge in [0.25, 0.3) is 0 Å². The summed E-state index contributed by atoms with van der Waals surface area (Å²) in [4.78, 5) is 4.53. The van der Waals surface area contributed by atoms with Crippen LogP contribution in [0, 0.1) is 6.92 Å². The number of rotatable bonds is 5. The molecule has 0 spiro atoms. The number of benzene rings is 1. The third-order valence-corrected chi connectivity index (χ3v) is 3.57. The molecule has 0 atom stereocenters. The number of aromatic nitrogens is 3. The fourth-order valence-corrected chi connectivity index (χ4v) is 2.45. The number of aryl methyl sites for hydroxylation is 2. The molecule has 0 bridgehead atoms. The Morgan fingerprint density at radius 3 is 2.86 bits per heavy atom. The molecule has 0 radical (unpaired) electrons. The molecule has 4 heteroatoms. The SMILES string of the molecule is Cc1ccc2cc(CNCCc3cnn(C)c3)ccc2n1. The van der Waals surface area contributed by atoms with Crippen molar-refractivity contribution in [2.45, 2.75) is 19.9 Å². The monoisotopic (exact) mass is 280 g/mol. The number of pyridine rings is 1. The van der Waals surface area contributed by atoms with E-state index in [1.807, 2.05) is 24.9 Å². The van der Waals surface area contributed by atoms with Crippen LogP contribution in [-0.4, -0.2) is 21.3 Å². The fraction of sp³-hybridized carbons (Fsp3) is 0.294. The second-order valence-electron chi connectivity index (χ2n) is 5.43. The van der Waals surface area contributed by atoms with Crippen LogP contribution in [0.15, 0.2) is 42.7 Å². The van der Waals surface area contributed by atoms with E-state index in [0.29, 0.717) is 0 Å². The van der Waals surface area contributed by atoms with Gasteiger partial charge >= 0.3 is 0 Å². The summed E-state index contributed by atoms with van der Waals surface area (Å²) in [6.45, 7) is 3.85. The van der Waals surface area contributed by atoms with Crippen LogP contribution < -0.4 is 5.32 Å². The fourth-order valence-electron chi connectivity index (χ4n) is 2.45. The highest BCUT2D eigenvalue weighted by molar-refractivity contribution is 5.79. The van der Waals surface area contributed by atoms with E-state index in [1.54, 1.807) is 0 Å². The van der Waals surface area contributed by atoms with Crippen LogP contribution >= 0.6 is 0 Å². The molecule has 0 saturated carbocycles. The van der Waals surface area contributed by atoms with E-state index in [9.17, 15) is 0 Å². The Hall–Kier alpha value is -2.20. The molecule has 0 unspecified atom stereocenters. The molecule has 2 aromatic heterocycles. The van der Waals surface area contributed by atoms with Crippen molar-refractivity contribution in [3.63, 3.8) is 0 Å². The molecule has 3 rings (SSSR count). The molecule has 0 fully saturated rings. The second-order valence-corrected chi connectivity index (χ2v) is 5.43. The van der Waals surface area contributed by atoms with Crippen molar-refractivity contribution >= 4 is 10.9 Å². The summed E-state index contributed by atoms with van der Waals surface area (Å²) in [5, 5.41) is 8.86. The summed E-state index contributed by atoms with van der Waals surface area (Å²) in [5.41, 5.74) is 4.68. The topological polar surface area (TPSA) is 42.7 Å². The predicted octanol–water partition coefficient (Wildman–Crippen LogP) is 2.61. The largest absolute Gasteiger partial charge is 0.312 e. The van der Waals surface area contributed by atoms with E-state index in [-0.39, 0.29) is 0 Å². The number of hydrogen-bond acceptors (Lipinski definition) is 3. The predicted molar refractivity (Wildman–Crippen MR) is 85.1 cm³/mol. The first kappa shape index (κ1) is 13.8. The lowest BCUT2D eigenvalue weighted by Crippen LogP contribution is -2.16. The minimum atomic E-state index is 0.879. The summed E-state index contributed by atoms with van der Waals surface area (Å²) < 4.78 is 1.84. The van der Waals surface area contributed by atoms with Crippen molar-refractivity contribution in [2.24, 2.45) is 7.05 Å². The van der Waals surface area contributed by atoms with Gasteiger partial charge in [-0.1, -0.05) is 12.1 Å². The molecule has 0 amide bonds. The van der Waals surface area contributed by atoms with E-state index < -0.39 is 0 Å². The van der Waals surface area contributed by atoms with Crippen LogP contribution in [0.25, 0.3) is 10.9 Å². The standard InChI is InChI=1S/C17H20N4/c1-13-3-5-16-9-14(4-6-17(16)20-13)10-18-8-7-15-11-19-21(2)12-15/h3-6,9,11-12,18H,7-8,10H2,1-2H3. The van der Waals surface area contributed by atoms with Gasteiger partial charge in [-0.25, -0.2) is 0 Å². The summed E-state index contributed by atoms with van der Waals surface area (Å²) in [6.07, 6.45) is 4.99. The van der Waals surface area contributed by atoms with Gasteiger partial charge in [0.05, 0.1) is 11.7 Å². The maximum Gasteiger partial charge on any atom is 0.0705 e. The van der Waals surface area contributed by atoms with Crippen LogP contribution in [0.4, 0.5) is 0 Å². The van der Waals surface area contributed by atoms with Gasteiger partial charge in [-0.2, -0.15) is 5.10 Å². The molecule has 0 aliphatic heterocycles. The van der Waals surface area contributed by atoms with Crippen molar-refractivity contribution in [3.05, 3.63) is 59.5 Å². The first-order chi connectivity index (χ1) is 10.2. The molecular weight excluding hydrogens is 260 g/mol. The molecule has 0 saturated heterocycles. The molecule has 4 nitrogen and oxygen atoms in total. The molecule has 0 aliphatic carbocycles. The number of nitrogens with zero attached hydrogens (tertiary/aromatic N) is 3. The van der Waals surface area contributed by atoms with Crippen molar-refractivity contribution in [1.29, 1.82) is 0 Å². The molecule has 2 heterocycles. The van der Waals surface area contributed by atoms with Crippen LogP contribution in [0.1, 0.15) is 16.8 Å². The van der Waals surface area contributed by atoms with Gasteiger partial charge in [0.2, 0.25) is 0 Å². The maximum absolute atomic E-state index is 4.53. The zero-order valence-electron chi connectivity index (χ0n) is 12.5. The minimum absolute atomic E-state index is 0.879. The van der Waals surface area contributed by atoms with E-state index in [2.05, 4.69) is 51.9 Å². The highest BCUT2D eigenvalue weighted by Gasteiger charge is 1.99. The molecule has 21 heavy (non-hydrogen) atoms. The number of nitrogens with one attached hydrogen (secondary N) is 1. The first-order valence-electron chi connectivity index (χ1n) is 7.25. The Morgan fingerprint density at radius 1 is 1.14 bits per heavy atom. The Kier molecular flexibility index (Phi) is 3.97. The summed E-state index contributed by atoms with van der Waals surface area (Å²) in [5.74, 6) is 0. The van der Waals surface area contributed by atoms with Gasteiger partial charge in [-0.3, -0.25) is 9.67 Å². The average molecular weight is 280 g/mol. The lowest BCUT2D eigenvalue weighted by Gasteiger charge is -2.06. The minimum Gasteiger partial charge on any atom is -0.312 e. The summed E-state index contributed by atoms with van der Waals surface area (Å²) in [7, 11) is 1.95. The second kappa shape index (κ2) is 6.06. The highest BCUT2D eigenvalue weighted by atomic mass is 15.2. The van der Waals surface area contributed by atoms with Gasteiger partial charge in [0.15, 0.2) is 0 Å². The molecule has 1 aromatic carbocycles. The van der Waals surface area contributed by atoms with Crippen LogP contribution in [-0.2, 0) is 20.0 Å².